The van der Waals surface area contributed by atoms with E-state index in [0.29, 0.717) is 29.7 Å². The molecule has 10 heteroatoms. The van der Waals surface area contributed by atoms with Crippen LogP contribution < -0.4 is 10.2 Å². The monoisotopic (exact) mass is 727 g/mol. The summed E-state index contributed by atoms with van der Waals surface area (Å²) in [4.78, 5) is 25.2. The molecule has 1 saturated heterocycles. The second kappa shape index (κ2) is 29.2. The molecule has 2 N–H and O–H groups in total. The predicted octanol–water partition coefficient (Wildman–Crippen LogP) is 8.71. The van der Waals surface area contributed by atoms with Gasteiger partial charge in [-0.25, -0.2) is 0 Å². The third kappa shape index (κ3) is 28.3. The molecular weight excluding hydrogens is 651 g/mol. The van der Waals surface area contributed by atoms with Crippen LogP contribution in [0.4, 0.5) is 0 Å². The van der Waals surface area contributed by atoms with Gasteiger partial charge in [-0.2, -0.15) is 0 Å². The molecule has 0 saturated carbocycles. The van der Waals surface area contributed by atoms with Crippen LogP contribution in [-0.4, -0.2) is 80.8 Å². The van der Waals surface area contributed by atoms with Crippen LogP contribution in [0.25, 0.3) is 0 Å². The number of ether oxygens (including phenoxy) is 1. The maximum atomic E-state index is 12.8. The van der Waals surface area contributed by atoms with Gasteiger partial charge in [0.1, 0.15) is 13.2 Å². The van der Waals surface area contributed by atoms with Gasteiger partial charge < -0.3 is 33.6 Å². The number of aliphatic hydroxyl groups is 1. The first-order valence-corrected chi connectivity index (χ1v) is 21.4. The van der Waals surface area contributed by atoms with Crippen LogP contribution in [0.1, 0.15) is 149 Å². The zero-order valence-electron chi connectivity index (χ0n) is 32.5. The van der Waals surface area contributed by atoms with Gasteiger partial charge in [-0.3, -0.25) is 9.36 Å². The Hall–Kier alpha value is -1.32. The van der Waals surface area contributed by atoms with Crippen molar-refractivity contribution in [3.63, 3.8) is 0 Å². The lowest BCUT2D eigenvalue weighted by Gasteiger charge is -2.29. The highest BCUT2D eigenvalue weighted by molar-refractivity contribution is 7.45. The van der Waals surface area contributed by atoms with Gasteiger partial charge in [0.05, 0.1) is 52.1 Å². The largest absolute Gasteiger partial charge is 0.756 e. The van der Waals surface area contributed by atoms with E-state index in [1.165, 1.54) is 64.2 Å². The molecule has 9 nitrogen and oxygen atoms in total. The lowest BCUT2D eigenvalue weighted by molar-refractivity contribution is -0.870. The van der Waals surface area contributed by atoms with E-state index in [9.17, 15) is 19.4 Å². The van der Waals surface area contributed by atoms with Crippen LogP contribution in [0.3, 0.4) is 0 Å². The average Bonchev–Trinajstić information content (AvgIpc) is 3.81. The number of nitrogens with zero attached hydrogens (tertiary/aromatic N) is 1. The summed E-state index contributed by atoms with van der Waals surface area (Å²) in [5.41, 5.74) is 0. The fourth-order valence-electron chi connectivity index (χ4n) is 5.64. The lowest BCUT2D eigenvalue weighted by atomic mass is 10.1. The first-order valence-electron chi connectivity index (χ1n) is 20.0. The Labute approximate surface area is 306 Å². The van der Waals surface area contributed by atoms with Crippen molar-refractivity contribution < 1.29 is 37.6 Å². The molecule has 0 aliphatic carbocycles. The summed E-state index contributed by atoms with van der Waals surface area (Å²) in [6, 6.07) is -0.911. The van der Waals surface area contributed by atoms with Crippen molar-refractivity contribution in [1.82, 2.24) is 5.32 Å². The Kier molecular flexibility index (Phi) is 27.2. The highest BCUT2D eigenvalue weighted by atomic mass is 31.2. The van der Waals surface area contributed by atoms with E-state index >= 15 is 0 Å². The molecule has 50 heavy (non-hydrogen) atoms. The quantitative estimate of drug-likeness (QED) is 0.0224. The number of carbonyl (C=O) groups is 1. The maximum Gasteiger partial charge on any atom is 0.268 e. The number of quaternary nitrogens is 1. The van der Waals surface area contributed by atoms with Crippen LogP contribution in [0.15, 0.2) is 36.5 Å². The molecule has 0 aromatic heterocycles. The smallest absolute Gasteiger partial charge is 0.268 e. The zero-order chi connectivity index (χ0) is 36.9. The van der Waals surface area contributed by atoms with Crippen LogP contribution in [0.2, 0.25) is 0 Å². The molecule has 1 fully saturated rings. The third-order valence-electron chi connectivity index (χ3n) is 9.00. The van der Waals surface area contributed by atoms with E-state index in [-0.39, 0.29) is 12.5 Å². The van der Waals surface area contributed by atoms with Gasteiger partial charge >= 0.3 is 0 Å². The fourth-order valence-corrected chi connectivity index (χ4v) is 6.37. The zero-order valence-corrected chi connectivity index (χ0v) is 33.4. The molecule has 0 bridgehead atoms. The number of hydrogen-bond acceptors (Lipinski definition) is 7. The molecular formula is C40H75N2O7P. The first kappa shape index (κ1) is 46.7. The Morgan fingerprint density at radius 3 is 2.06 bits per heavy atom. The molecule has 1 amide bonds. The number of rotatable bonds is 34. The topological polar surface area (TPSA) is 120 Å². The van der Waals surface area contributed by atoms with E-state index in [2.05, 4.69) is 43.5 Å². The molecule has 0 spiro atoms. The van der Waals surface area contributed by atoms with Gasteiger partial charge in [0.2, 0.25) is 5.91 Å². The van der Waals surface area contributed by atoms with Crippen molar-refractivity contribution in [2.75, 3.05) is 40.9 Å². The Bertz CT molecular complexity index is 981. The van der Waals surface area contributed by atoms with Gasteiger partial charge in [-0.15, -0.1) is 0 Å². The molecule has 0 aromatic carbocycles. The number of phosphoric acid groups is 1. The minimum atomic E-state index is -4.60. The average molecular weight is 727 g/mol. The summed E-state index contributed by atoms with van der Waals surface area (Å²) >= 11 is 0. The van der Waals surface area contributed by atoms with E-state index in [4.69, 9.17) is 13.8 Å². The minimum absolute atomic E-state index is 0.0124. The SMILES string of the molecule is CCCCCCCC/C=C\CC/C=C/[C@@H](O)[C@H](COP(=O)([O-])OCC[N+](C)(C)C)NC(=O)CCCCCCC/C=C\CC1OC1CCCCC. The normalized spacial score (nSPS) is 19.0. The predicted molar refractivity (Wildman–Crippen MR) is 205 cm³/mol. The van der Waals surface area contributed by atoms with Crippen molar-refractivity contribution in [3.8, 4) is 0 Å². The highest BCUT2D eigenvalue weighted by Crippen LogP contribution is 2.38. The number of amides is 1. The van der Waals surface area contributed by atoms with Gasteiger partial charge in [0, 0.05) is 6.42 Å². The van der Waals surface area contributed by atoms with Gasteiger partial charge in [-0.1, -0.05) is 121 Å². The molecule has 1 rings (SSSR count). The van der Waals surface area contributed by atoms with Crippen molar-refractivity contribution in [2.45, 2.75) is 173 Å². The summed E-state index contributed by atoms with van der Waals surface area (Å²) in [5, 5.41) is 13.7. The van der Waals surface area contributed by atoms with Crippen LogP contribution >= 0.6 is 7.82 Å². The molecule has 5 atom stereocenters. The van der Waals surface area contributed by atoms with Crippen LogP contribution in [0, 0.1) is 0 Å². The second-order valence-corrected chi connectivity index (χ2v) is 16.4. The van der Waals surface area contributed by atoms with Gasteiger partial charge in [0.25, 0.3) is 7.82 Å². The number of phosphoric ester groups is 1. The van der Waals surface area contributed by atoms with E-state index in [1.54, 1.807) is 6.08 Å². The first-order chi connectivity index (χ1) is 24.0. The molecule has 1 aliphatic rings. The molecule has 292 valence electrons. The van der Waals surface area contributed by atoms with Gasteiger partial charge in [-0.05, 0) is 57.8 Å². The number of unbranched alkanes of at least 4 members (excludes halogenated alkanes) is 14. The number of allylic oxidation sites excluding steroid dienone is 4. The summed E-state index contributed by atoms with van der Waals surface area (Å²) in [7, 11) is 1.22. The molecule has 3 unspecified atom stereocenters. The van der Waals surface area contributed by atoms with E-state index in [0.717, 1.165) is 64.2 Å². The van der Waals surface area contributed by atoms with Crippen LogP contribution in [0.5, 0.6) is 0 Å². The Balaban J connectivity index is 2.39. The van der Waals surface area contributed by atoms with Gasteiger partial charge in [0.15, 0.2) is 0 Å². The summed E-state index contributed by atoms with van der Waals surface area (Å²) in [6.45, 7) is 4.53. The number of epoxide rings is 1. The number of hydrogen-bond donors (Lipinski definition) is 2. The van der Waals surface area contributed by atoms with Crippen molar-refractivity contribution in [1.29, 1.82) is 0 Å². The summed E-state index contributed by atoms with van der Waals surface area (Å²) in [6.07, 6.45) is 35.0. The Morgan fingerprint density at radius 1 is 0.800 bits per heavy atom. The van der Waals surface area contributed by atoms with Crippen molar-refractivity contribution in [2.24, 2.45) is 0 Å². The summed E-state index contributed by atoms with van der Waals surface area (Å²) < 4.78 is 28.8. The lowest BCUT2D eigenvalue weighted by Crippen LogP contribution is -2.45. The van der Waals surface area contributed by atoms with Crippen LogP contribution in [-0.2, 0) is 23.1 Å². The van der Waals surface area contributed by atoms with E-state index in [1.807, 2.05) is 27.2 Å². The molecule has 0 aromatic rings. The maximum absolute atomic E-state index is 12.8. The molecule has 1 heterocycles. The summed E-state index contributed by atoms with van der Waals surface area (Å²) in [5.74, 6) is -0.228. The third-order valence-corrected chi connectivity index (χ3v) is 9.96. The number of likely N-dealkylation sites (N-methyl/N-ethyl adjacent to an activating group) is 1. The second-order valence-electron chi connectivity index (χ2n) is 15.0. The number of aliphatic hydroxyl groups excluding tert-OH is 1. The molecule has 0 radical (unpaired) electrons. The number of nitrogens with one attached hydrogen (secondary N) is 1. The fraction of sp³-hybridized carbons (Fsp3) is 0.825. The number of carbonyl (C=O) groups excluding carboxylic acids is 1. The van der Waals surface area contributed by atoms with E-state index < -0.39 is 26.6 Å². The van der Waals surface area contributed by atoms with Crippen molar-refractivity contribution >= 4 is 13.7 Å². The molecule has 1 aliphatic heterocycles. The highest BCUT2D eigenvalue weighted by Gasteiger charge is 2.36. The Morgan fingerprint density at radius 2 is 1.38 bits per heavy atom. The minimum Gasteiger partial charge on any atom is -0.756 e. The van der Waals surface area contributed by atoms with Crippen molar-refractivity contribution in [3.05, 3.63) is 36.5 Å². The standard InChI is InChI=1S/C40H75N2O7P/c1-6-8-10-11-12-13-14-15-16-19-22-26-29-37(43)36(35-48-50(45,46)47-34-33-42(3,4)5)41-40(44)32-28-24-21-18-17-20-23-27-31-39-38(49-39)30-25-9-7-2/h15-16,23,26-27,29,36-39,43H,6-14,17-22,24-25,28,30-35H2,1-5H3,(H-,41,44,45,46)/b16-15-,27-23-,29-26+/t36-,37+,38?,39?/m0/s1.